The fraction of sp³-hybridized carbons (Fsp3) is 0.556. The van der Waals surface area contributed by atoms with E-state index in [2.05, 4.69) is 35.6 Å². The SMILES string of the molecule is C[Si](C)(C)CCOCN1C(=O)CC[C@H]1COc1cc([N+](=O)[O-])c(C=O)cc1Br. The molecule has 0 radical (unpaired) electrons. The molecule has 0 saturated carbocycles. The third-order valence-corrected chi connectivity index (χ3v) is 6.84. The van der Waals surface area contributed by atoms with Crippen LogP contribution in [0, 0.1) is 10.1 Å². The molecule has 1 aromatic rings. The van der Waals surface area contributed by atoms with Crippen LogP contribution in [0.15, 0.2) is 16.6 Å². The van der Waals surface area contributed by atoms with Gasteiger partial charge in [-0.05, 0) is 34.5 Å². The molecule has 1 amide bonds. The summed E-state index contributed by atoms with van der Waals surface area (Å²) >= 11 is 3.27. The highest BCUT2D eigenvalue weighted by atomic mass is 79.9. The minimum absolute atomic E-state index is 0.0166. The average molecular weight is 473 g/mol. The van der Waals surface area contributed by atoms with E-state index in [1.54, 1.807) is 4.90 Å². The van der Waals surface area contributed by atoms with Crippen molar-refractivity contribution >= 4 is 41.9 Å². The zero-order valence-corrected chi connectivity index (χ0v) is 18.9. The number of hydrogen-bond donors (Lipinski definition) is 0. The number of aldehydes is 1. The molecule has 1 aliphatic heterocycles. The maximum atomic E-state index is 12.1. The van der Waals surface area contributed by atoms with Crippen LogP contribution in [0.4, 0.5) is 5.69 Å². The quantitative estimate of drug-likeness (QED) is 0.168. The molecule has 0 spiro atoms. The molecule has 154 valence electrons. The van der Waals surface area contributed by atoms with Crippen molar-refractivity contribution in [2.45, 2.75) is 44.6 Å². The van der Waals surface area contributed by atoms with Gasteiger partial charge < -0.3 is 14.4 Å². The molecule has 1 aromatic carbocycles. The summed E-state index contributed by atoms with van der Waals surface area (Å²) in [5.74, 6) is 0.277. The summed E-state index contributed by atoms with van der Waals surface area (Å²) in [4.78, 5) is 35.3. The Kier molecular flexibility index (Phi) is 7.73. The number of halogens is 1. The lowest BCUT2D eigenvalue weighted by atomic mass is 10.2. The number of nitrogens with zero attached hydrogens (tertiary/aromatic N) is 2. The zero-order chi connectivity index (χ0) is 20.9. The molecule has 28 heavy (non-hydrogen) atoms. The van der Waals surface area contributed by atoms with Crippen LogP contribution < -0.4 is 4.74 Å². The molecule has 1 atom stereocenters. The average Bonchev–Trinajstić information content (AvgIpc) is 2.96. The van der Waals surface area contributed by atoms with Gasteiger partial charge in [-0.3, -0.25) is 19.7 Å². The number of amides is 1. The first-order valence-electron chi connectivity index (χ1n) is 9.05. The highest BCUT2D eigenvalue weighted by Gasteiger charge is 2.32. The number of ether oxygens (including phenoxy) is 2. The Morgan fingerprint density at radius 2 is 2.11 bits per heavy atom. The van der Waals surface area contributed by atoms with Crippen LogP contribution in [0.2, 0.25) is 25.7 Å². The van der Waals surface area contributed by atoms with Crippen LogP contribution >= 0.6 is 15.9 Å². The molecule has 1 saturated heterocycles. The van der Waals surface area contributed by atoms with Crippen LogP contribution in [0.1, 0.15) is 23.2 Å². The molecule has 2 rings (SSSR count). The molecule has 1 heterocycles. The summed E-state index contributed by atoms with van der Waals surface area (Å²) in [7, 11) is -1.19. The first-order chi connectivity index (χ1) is 13.1. The van der Waals surface area contributed by atoms with Gasteiger partial charge in [0.1, 0.15) is 19.1 Å². The van der Waals surface area contributed by atoms with Crippen molar-refractivity contribution in [1.82, 2.24) is 4.90 Å². The topological polar surface area (TPSA) is 99.0 Å². The minimum Gasteiger partial charge on any atom is -0.490 e. The number of rotatable bonds is 10. The molecule has 10 heteroatoms. The van der Waals surface area contributed by atoms with Gasteiger partial charge in [0.05, 0.1) is 27.1 Å². The van der Waals surface area contributed by atoms with Crippen molar-refractivity contribution in [2.24, 2.45) is 0 Å². The number of hydrogen-bond acceptors (Lipinski definition) is 6. The van der Waals surface area contributed by atoms with Gasteiger partial charge in [-0.1, -0.05) is 19.6 Å². The second kappa shape index (κ2) is 9.62. The number of benzene rings is 1. The normalized spacial score (nSPS) is 17.1. The van der Waals surface area contributed by atoms with Crippen LogP contribution in [-0.4, -0.2) is 56.1 Å². The molecule has 0 bridgehead atoms. The van der Waals surface area contributed by atoms with E-state index in [9.17, 15) is 19.7 Å². The van der Waals surface area contributed by atoms with Crippen molar-refractivity contribution in [3.63, 3.8) is 0 Å². The van der Waals surface area contributed by atoms with Crippen LogP contribution in [0.3, 0.4) is 0 Å². The van der Waals surface area contributed by atoms with E-state index in [-0.39, 0.29) is 42.3 Å². The number of likely N-dealkylation sites (tertiary alicyclic amines) is 1. The molecule has 0 aliphatic carbocycles. The van der Waals surface area contributed by atoms with Crippen molar-refractivity contribution in [3.05, 3.63) is 32.3 Å². The van der Waals surface area contributed by atoms with E-state index in [0.717, 1.165) is 6.04 Å². The fourth-order valence-electron chi connectivity index (χ4n) is 2.79. The predicted octanol–water partition coefficient (Wildman–Crippen LogP) is 3.85. The molecule has 0 unspecified atom stereocenters. The van der Waals surface area contributed by atoms with Crippen molar-refractivity contribution in [2.75, 3.05) is 19.9 Å². The first kappa shape index (κ1) is 22.5. The summed E-state index contributed by atoms with van der Waals surface area (Å²) in [6.45, 7) is 7.84. The lowest BCUT2D eigenvalue weighted by Gasteiger charge is -2.25. The van der Waals surface area contributed by atoms with E-state index in [1.165, 1.54) is 12.1 Å². The van der Waals surface area contributed by atoms with E-state index in [4.69, 9.17) is 9.47 Å². The van der Waals surface area contributed by atoms with Gasteiger partial charge >= 0.3 is 0 Å². The van der Waals surface area contributed by atoms with Gasteiger partial charge in [0.25, 0.3) is 5.69 Å². The largest absolute Gasteiger partial charge is 0.490 e. The summed E-state index contributed by atoms with van der Waals surface area (Å²) in [5.41, 5.74) is -0.347. The molecule has 0 aromatic heterocycles. The monoisotopic (exact) mass is 472 g/mol. The molecule has 8 nitrogen and oxygen atoms in total. The van der Waals surface area contributed by atoms with Crippen molar-refractivity contribution in [1.29, 1.82) is 0 Å². The van der Waals surface area contributed by atoms with Gasteiger partial charge in [-0.2, -0.15) is 0 Å². The van der Waals surface area contributed by atoms with Crippen molar-refractivity contribution < 1.29 is 24.0 Å². The maximum Gasteiger partial charge on any atom is 0.283 e. The van der Waals surface area contributed by atoms with Crippen LogP contribution in [0.5, 0.6) is 5.75 Å². The Morgan fingerprint density at radius 1 is 1.39 bits per heavy atom. The number of nitro benzene ring substituents is 1. The Labute approximate surface area is 173 Å². The Bertz CT molecular complexity index is 752. The van der Waals surface area contributed by atoms with Crippen LogP contribution in [0.25, 0.3) is 0 Å². The Hall–Kier alpha value is -1.78. The first-order valence-corrected chi connectivity index (χ1v) is 13.6. The highest BCUT2D eigenvalue weighted by molar-refractivity contribution is 9.10. The molecule has 1 aliphatic rings. The molecular formula is C18H25BrN2O6Si. The number of carbonyl (C=O) groups is 2. The zero-order valence-electron chi connectivity index (χ0n) is 16.3. The van der Waals surface area contributed by atoms with E-state index in [1.807, 2.05) is 0 Å². The standard InChI is InChI=1S/C18H25BrN2O6Si/c1-28(2,3)7-6-26-12-20-14(4-5-18(20)23)11-27-17-9-16(21(24)25)13(10-22)8-15(17)19/h8-10,14H,4-7,11-12H2,1-3H3/t14-/m0/s1. The fourth-order valence-corrected chi connectivity index (χ4v) is 4.02. The van der Waals surface area contributed by atoms with Gasteiger partial charge in [0, 0.05) is 21.1 Å². The second-order valence-corrected chi connectivity index (χ2v) is 14.4. The summed E-state index contributed by atoms with van der Waals surface area (Å²) in [5, 5.41) is 11.1. The Balaban J connectivity index is 1.98. The summed E-state index contributed by atoms with van der Waals surface area (Å²) in [6, 6.07) is 3.45. The van der Waals surface area contributed by atoms with Gasteiger partial charge in [0.2, 0.25) is 5.91 Å². The van der Waals surface area contributed by atoms with E-state index < -0.39 is 13.0 Å². The van der Waals surface area contributed by atoms with Gasteiger partial charge in [0.15, 0.2) is 6.29 Å². The summed E-state index contributed by atoms with van der Waals surface area (Å²) in [6.07, 6.45) is 1.50. The third kappa shape index (κ3) is 6.11. The second-order valence-electron chi connectivity index (χ2n) is 7.93. The predicted molar refractivity (Wildman–Crippen MR) is 111 cm³/mol. The number of carbonyl (C=O) groups excluding carboxylic acids is 2. The molecule has 0 N–H and O–H groups in total. The molecule has 1 fully saturated rings. The maximum absolute atomic E-state index is 12.1. The smallest absolute Gasteiger partial charge is 0.283 e. The highest BCUT2D eigenvalue weighted by Crippen LogP contribution is 2.33. The van der Waals surface area contributed by atoms with Gasteiger partial charge in [-0.15, -0.1) is 0 Å². The lowest BCUT2D eigenvalue weighted by molar-refractivity contribution is -0.385. The molecular weight excluding hydrogens is 448 g/mol. The van der Waals surface area contributed by atoms with Crippen LogP contribution in [-0.2, 0) is 9.53 Å². The minimum atomic E-state index is -1.19. The summed E-state index contributed by atoms with van der Waals surface area (Å²) < 4.78 is 11.9. The van der Waals surface area contributed by atoms with Gasteiger partial charge in [-0.25, -0.2) is 0 Å². The van der Waals surface area contributed by atoms with E-state index >= 15 is 0 Å². The van der Waals surface area contributed by atoms with E-state index in [0.29, 0.717) is 30.2 Å². The third-order valence-electron chi connectivity index (χ3n) is 4.52. The van der Waals surface area contributed by atoms with Crippen molar-refractivity contribution in [3.8, 4) is 5.75 Å². The Morgan fingerprint density at radius 3 is 2.71 bits per heavy atom. The lowest BCUT2D eigenvalue weighted by Crippen LogP contribution is -2.39. The number of nitro groups is 1.